The van der Waals surface area contributed by atoms with Gasteiger partial charge in [0.1, 0.15) is 0 Å². The molecule has 0 atom stereocenters. The first kappa shape index (κ1) is 28.3. The van der Waals surface area contributed by atoms with Crippen LogP contribution in [0.25, 0.3) is 88.6 Å². The fraction of sp³-hybridized carbons (Fsp3) is 0. The van der Waals surface area contributed by atoms with E-state index in [-0.39, 0.29) is 0 Å². The van der Waals surface area contributed by atoms with E-state index in [4.69, 9.17) is 4.98 Å². The van der Waals surface area contributed by atoms with Crippen LogP contribution in [0.5, 0.6) is 0 Å². The van der Waals surface area contributed by atoms with E-state index in [1.54, 1.807) is 0 Å². The van der Waals surface area contributed by atoms with Crippen LogP contribution in [0.1, 0.15) is 0 Å². The third-order valence-corrected chi connectivity index (χ3v) is 9.88. The third kappa shape index (κ3) is 4.56. The summed E-state index contributed by atoms with van der Waals surface area (Å²) in [6.07, 6.45) is 0. The Labute approximate surface area is 290 Å². The molecule has 3 aromatic heterocycles. The number of pyridine rings is 1. The zero-order valence-corrected chi connectivity index (χ0v) is 27.2. The SMILES string of the molecule is c1ccc(-c2cc(-c3cc(-n4c5ccccc5c5ccccc54)cc(-n4c5ccccc5c5ccccc54)c3)cc(-c3ccccc3)n2)cc1. The number of aromatic nitrogens is 3. The van der Waals surface area contributed by atoms with Crippen LogP contribution in [0.3, 0.4) is 0 Å². The average molecular weight is 638 g/mol. The van der Waals surface area contributed by atoms with Gasteiger partial charge in [-0.2, -0.15) is 0 Å². The molecule has 0 bridgehead atoms. The van der Waals surface area contributed by atoms with E-state index in [2.05, 4.69) is 197 Å². The lowest BCUT2D eigenvalue weighted by Crippen LogP contribution is -2.00. The minimum absolute atomic E-state index is 0.947. The number of hydrogen-bond acceptors (Lipinski definition) is 1. The summed E-state index contributed by atoms with van der Waals surface area (Å²) >= 11 is 0. The highest BCUT2D eigenvalue weighted by atomic mass is 15.0. The zero-order chi connectivity index (χ0) is 33.0. The van der Waals surface area contributed by atoms with E-state index < -0.39 is 0 Å². The number of hydrogen-bond donors (Lipinski definition) is 0. The van der Waals surface area contributed by atoms with Crippen LogP contribution < -0.4 is 0 Å². The summed E-state index contributed by atoms with van der Waals surface area (Å²) in [7, 11) is 0. The Bertz CT molecular complexity index is 2560. The first-order valence-electron chi connectivity index (χ1n) is 17.1. The first-order valence-corrected chi connectivity index (χ1v) is 17.1. The molecule has 0 saturated carbocycles. The van der Waals surface area contributed by atoms with Crippen molar-refractivity contribution in [2.75, 3.05) is 0 Å². The van der Waals surface area contributed by atoms with Gasteiger partial charge in [-0.1, -0.05) is 133 Å². The van der Waals surface area contributed by atoms with E-state index in [0.29, 0.717) is 0 Å². The van der Waals surface area contributed by atoms with Gasteiger partial charge in [-0.25, -0.2) is 4.98 Å². The maximum Gasteiger partial charge on any atom is 0.0715 e. The summed E-state index contributed by atoms with van der Waals surface area (Å²) < 4.78 is 4.84. The van der Waals surface area contributed by atoms with Crippen molar-refractivity contribution in [2.24, 2.45) is 0 Å². The fourth-order valence-corrected chi connectivity index (χ4v) is 7.63. The summed E-state index contributed by atoms with van der Waals surface area (Å²) in [5.74, 6) is 0. The van der Waals surface area contributed by atoms with Crippen molar-refractivity contribution in [3.05, 3.63) is 188 Å². The summed E-state index contributed by atoms with van der Waals surface area (Å²) in [5, 5.41) is 4.98. The highest BCUT2D eigenvalue weighted by Crippen LogP contribution is 2.39. The Balaban J connectivity index is 1.31. The third-order valence-electron chi connectivity index (χ3n) is 9.88. The van der Waals surface area contributed by atoms with Gasteiger partial charge in [-0.3, -0.25) is 0 Å². The molecule has 0 fully saturated rings. The van der Waals surface area contributed by atoms with Gasteiger partial charge < -0.3 is 9.13 Å². The van der Waals surface area contributed by atoms with Crippen molar-refractivity contribution < 1.29 is 0 Å². The lowest BCUT2D eigenvalue weighted by Gasteiger charge is -2.17. The maximum absolute atomic E-state index is 5.20. The molecule has 0 N–H and O–H groups in total. The molecule has 234 valence electrons. The van der Waals surface area contributed by atoms with Crippen LogP contribution in [0.15, 0.2) is 188 Å². The first-order chi connectivity index (χ1) is 24.8. The summed E-state index contributed by atoms with van der Waals surface area (Å²) in [6, 6.07) is 67.4. The van der Waals surface area contributed by atoms with Gasteiger partial charge in [-0.05, 0) is 65.7 Å². The number of benzene rings is 7. The minimum atomic E-state index is 0.947. The van der Waals surface area contributed by atoms with Gasteiger partial charge >= 0.3 is 0 Å². The molecule has 10 rings (SSSR count). The predicted octanol–water partition coefficient (Wildman–Crippen LogP) is 12.3. The van der Waals surface area contributed by atoms with Crippen molar-refractivity contribution in [1.29, 1.82) is 0 Å². The fourth-order valence-electron chi connectivity index (χ4n) is 7.63. The Hall–Kier alpha value is -6.71. The molecule has 0 unspecified atom stereocenters. The molecule has 3 nitrogen and oxygen atoms in total. The van der Waals surface area contributed by atoms with Crippen molar-refractivity contribution in [3.63, 3.8) is 0 Å². The molecule has 0 aliphatic carbocycles. The molecule has 3 heterocycles. The molecular weight excluding hydrogens is 607 g/mol. The minimum Gasteiger partial charge on any atom is -0.309 e. The topological polar surface area (TPSA) is 22.8 Å². The van der Waals surface area contributed by atoms with Crippen LogP contribution in [-0.2, 0) is 0 Å². The van der Waals surface area contributed by atoms with Gasteiger partial charge in [0.15, 0.2) is 0 Å². The molecule has 0 radical (unpaired) electrons. The standard InChI is InChI=1S/C47H31N3/c1-3-15-32(16-4-1)42-29-35(30-43(48-42)33-17-5-2-6-18-33)34-27-36(49-44-23-11-7-19-38(44)39-20-8-12-24-45(39)49)31-37(28-34)50-46-25-13-9-21-40(46)41-22-10-14-26-47(41)50/h1-31H. The molecule has 10 aromatic rings. The quantitative estimate of drug-likeness (QED) is 0.184. The molecule has 50 heavy (non-hydrogen) atoms. The maximum atomic E-state index is 5.20. The highest BCUT2D eigenvalue weighted by molar-refractivity contribution is 6.10. The van der Waals surface area contributed by atoms with Crippen LogP contribution >= 0.6 is 0 Å². The Morgan fingerprint density at radius 2 is 0.600 bits per heavy atom. The summed E-state index contributed by atoms with van der Waals surface area (Å²) in [6.45, 7) is 0. The number of para-hydroxylation sites is 4. The molecule has 0 aliphatic heterocycles. The van der Waals surface area contributed by atoms with Gasteiger partial charge in [0.25, 0.3) is 0 Å². The Morgan fingerprint density at radius 3 is 0.980 bits per heavy atom. The van der Waals surface area contributed by atoms with Crippen LogP contribution in [0.2, 0.25) is 0 Å². The van der Waals surface area contributed by atoms with Crippen LogP contribution in [-0.4, -0.2) is 14.1 Å². The van der Waals surface area contributed by atoms with Crippen LogP contribution in [0.4, 0.5) is 0 Å². The number of fused-ring (bicyclic) bond motifs is 6. The van der Waals surface area contributed by atoms with Crippen molar-refractivity contribution in [1.82, 2.24) is 14.1 Å². The molecule has 0 aliphatic rings. The van der Waals surface area contributed by atoms with Crippen LogP contribution in [0, 0.1) is 0 Å². The lowest BCUT2D eigenvalue weighted by molar-refractivity contribution is 1.13. The second-order valence-electron chi connectivity index (χ2n) is 12.8. The zero-order valence-electron chi connectivity index (χ0n) is 27.2. The Morgan fingerprint density at radius 1 is 0.280 bits per heavy atom. The monoisotopic (exact) mass is 637 g/mol. The predicted molar refractivity (Wildman–Crippen MR) is 209 cm³/mol. The van der Waals surface area contributed by atoms with Gasteiger partial charge in [0.2, 0.25) is 0 Å². The highest BCUT2D eigenvalue weighted by Gasteiger charge is 2.18. The normalized spacial score (nSPS) is 11.6. The van der Waals surface area contributed by atoms with E-state index in [1.807, 2.05) is 0 Å². The summed E-state index contributed by atoms with van der Waals surface area (Å²) in [5.41, 5.74) is 13.3. The van der Waals surface area contributed by atoms with E-state index in [1.165, 1.54) is 43.6 Å². The van der Waals surface area contributed by atoms with E-state index in [0.717, 1.165) is 45.0 Å². The molecule has 0 amide bonds. The lowest BCUT2D eigenvalue weighted by atomic mass is 9.99. The van der Waals surface area contributed by atoms with Gasteiger partial charge in [0.05, 0.1) is 33.5 Å². The Kier molecular flexibility index (Phi) is 6.49. The molecule has 3 heteroatoms. The van der Waals surface area contributed by atoms with Crippen molar-refractivity contribution >= 4 is 43.6 Å². The van der Waals surface area contributed by atoms with Gasteiger partial charge in [0, 0.05) is 44.0 Å². The average Bonchev–Trinajstić information content (AvgIpc) is 3.71. The van der Waals surface area contributed by atoms with E-state index >= 15 is 0 Å². The molecular formula is C47H31N3. The molecule has 7 aromatic carbocycles. The smallest absolute Gasteiger partial charge is 0.0715 e. The second kappa shape index (κ2) is 11.5. The van der Waals surface area contributed by atoms with E-state index in [9.17, 15) is 0 Å². The molecule has 0 spiro atoms. The largest absolute Gasteiger partial charge is 0.309 e. The second-order valence-corrected chi connectivity index (χ2v) is 12.8. The molecule has 0 saturated heterocycles. The number of nitrogens with zero attached hydrogens (tertiary/aromatic N) is 3. The van der Waals surface area contributed by atoms with Crippen molar-refractivity contribution in [3.8, 4) is 45.0 Å². The van der Waals surface area contributed by atoms with Crippen molar-refractivity contribution in [2.45, 2.75) is 0 Å². The summed E-state index contributed by atoms with van der Waals surface area (Å²) in [4.78, 5) is 5.20. The van der Waals surface area contributed by atoms with Gasteiger partial charge in [-0.15, -0.1) is 0 Å². The number of rotatable bonds is 5.